The van der Waals surface area contributed by atoms with Gasteiger partial charge in [0.25, 0.3) is 0 Å². The molecule has 0 heterocycles. The first-order valence-corrected chi connectivity index (χ1v) is 1.84. The van der Waals surface area contributed by atoms with Gasteiger partial charge in [-0.25, -0.2) is 0 Å². The van der Waals surface area contributed by atoms with Crippen molar-refractivity contribution < 1.29 is 71.2 Å². The van der Waals surface area contributed by atoms with E-state index in [0.29, 0.717) is 0 Å². The molecule has 0 aromatic heterocycles. The summed E-state index contributed by atoms with van der Waals surface area (Å²) in [6.07, 6.45) is -7.00. The summed E-state index contributed by atoms with van der Waals surface area (Å²) < 4.78 is 0. The number of carbonyl (C=O) groups is 3. The summed E-state index contributed by atoms with van der Waals surface area (Å²) in [6, 6.07) is 0. The van der Waals surface area contributed by atoms with Crippen LogP contribution in [0.3, 0.4) is 0 Å². The molecule has 0 unspecified atom stereocenters. The van der Waals surface area contributed by atoms with Crippen molar-refractivity contribution in [3.63, 3.8) is 0 Å². The van der Waals surface area contributed by atoms with Gasteiger partial charge in [0.1, 0.15) is 0 Å². The summed E-state index contributed by atoms with van der Waals surface area (Å²) in [5.41, 5.74) is 0. The van der Waals surface area contributed by atoms with Crippen molar-refractivity contribution in [2.75, 3.05) is 0 Å². The van der Waals surface area contributed by atoms with Gasteiger partial charge in [0.05, 0.1) is 0 Å². The molecule has 0 bridgehead atoms. The van der Waals surface area contributed by atoms with Crippen LogP contribution in [0.1, 0.15) is 0 Å². The van der Waals surface area contributed by atoms with Crippen LogP contribution in [0.4, 0.5) is 14.4 Å². The number of carboxylic acid groups (broad SMARTS) is 6. The summed E-state index contributed by atoms with van der Waals surface area (Å²) >= 11 is 0. The molecule has 0 aliphatic heterocycles. The van der Waals surface area contributed by atoms with Crippen molar-refractivity contribution in [3.8, 4) is 0 Å². The predicted molar refractivity (Wildman–Crippen MR) is 21.9 cm³/mol. The smallest absolute Gasteiger partial charge is 0.652 e. The summed E-state index contributed by atoms with van der Waals surface area (Å²) in [6.45, 7) is 0. The molecule has 0 atom stereocenters. The molecule has 0 saturated carbocycles. The zero-order valence-corrected chi connectivity index (χ0v) is 12.3. The summed E-state index contributed by atoms with van der Waals surface area (Å²) in [7, 11) is 0. The van der Waals surface area contributed by atoms with Crippen molar-refractivity contribution in [1.82, 2.24) is 0 Å². The van der Waals surface area contributed by atoms with Gasteiger partial charge < -0.3 is 45.0 Å². The Morgan fingerprint density at radius 3 is 0.571 bits per heavy atom. The van der Waals surface area contributed by atoms with Gasteiger partial charge in [-0.05, 0) is 18.5 Å². The maximum absolute atomic E-state index is 8.33. The minimum absolute atomic E-state index is 0. The van der Waals surface area contributed by atoms with Crippen molar-refractivity contribution in [2.45, 2.75) is 0 Å². The van der Waals surface area contributed by atoms with Gasteiger partial charge in [-0.3, -0.25) is 0 Å². The zero-order valence-electron chi connectivity index (χ0n) is 6.38. The molecular formula is C3O9SrZr. The molecule has 0 aromatic carbocycles. The van der Waals surface area contributed by atoms with E-state index in [4.69, 9.17) is 45.0 Å². The van der Waals surface area contributed by atoms with E-state index in [-0.39, 0.29) is 71.7 Å². The predicted octanol–water partition coefficient (Wildman–Crippen LogP) is -7.72. The zero-order chi connectivity index (χ0) is 10.7. The molecule has 0 amide bonds. The Balaban J connectivity index is -0.0000000270. The molecule has 9 nitrogen and oxygen atoms in total. The monoisotopic (exact) mass is 358 g/mol. The van der Waals surface area contributed by atoms with Gasteiger partial charge in [0, 0.05) is 0 Å². The Kier molecular flexibility index (Phi) is 48.4. The molecule has 11 heteroatoms. The number of hydrogen-bond donors (Lipinski definition) is 0. The van der Waals surface area contributed by atoms with E-state index >= 15 is 0 Å². The van der Waals surface area contributed by atoms with Crippen LogP contribution >= 0.6 is 0 Å². The SMILES string of the molecule is O=C([O-])[O-].O=C([O-])[O-].O=C([O-])[O-].[Sr+2].[Zr+4]. The molecule has 0 radical (unpaired) electrons. The fourth-order valence-corrected chi connectivity index (χ4v) is 0. The van der Waals surface area contributed by atoms with Crippen molar-refractivity contribution in [1.29, 1.82) is 0 Å². The Morgan fingerprint density at radius 1 is 0.571 bits per heavy atom. The molecule has 0 rings (SSSR count). The second-order valence-electron chi connectivity index (χ2n) is 0.750. The standard InChI is InChI=1S/3CH2O3.Sr.Zr/c3*2-1(3)4;;/h3*(H2,2,3,4);;/q;;;+2;+4/p-6. The van der Waals surface area contributed by atoms with Crippen LogP contribution in [0.25, 0.3) is 0 Å². The molecule has 0 fully saturated rings. The molecule has 0 aliphatic carbocycles. The maximum atomic E-state index is 8.33. The largest absolute Gasteiger partial charge is 4.00 e. The van der Waals surface area contributed by atoms with E-state index in [1.54, 1.807) is 0 Å². The van der Waals surface area contributed by atoms with Gasteiger partial charge >= 0.3 is 71.7 Å². The Labute approximate surface area is 133 Å². The quantitative estimate of drug-likeness (QED) is 0.378. The molecule has 0 aliphatic rings. The van der Waals surface area contributed by atoms with Gasteiger partial charge in [0.15, 0.2) is 0 Å². The molecule has 0 aromatic rings. The van der Waals surface area contributed by atoms with Crippen molar-refractivity contribution in [2.24, 2.45) is 0 Å². The van der Waals surface area contributed by atoms with Crippen molar-refractivity contribution in [3.05, 3.63) is 0 Å². The number of carbonyl (C=O) groups excluding carboxylic acids is 3. The van der Waals surface area contributed by atoms with Gasteiger partial charge in [-0.2, -0.15) is 0 Å². The van der Waals surface area contributed by atoms with E-state index in [2.05, 4.69) is 0 Å². The third-order valence-corrected chi connectivity index (χ3v) is 0. The normalized spacial score (nSPS) is 5.14. The third-order valence-electron chi connectivity index (χ3n) is 0. The van der Waals surface area contributed by atoms with Crippen LogP contribution in [0.5, 0.6) is 0 Å². The molecule has 72 valence electrons. The van der Waals surface area contributed by atoms with Crippen LogP contribution in [-0.4, -0.2) is 63.9 Å². The van der Waals surface area contributed by atoms with Crippen LogP contribution in [0.2, 0.25) is 0 Å². The molecular weight excluding hydrogens is 359 g/mol. The third kappa shape index (κ3) is 50400. The minimum atomic E-state index is -2.33. The Hall–Kier alpha value is 0.174. The molecule has 0 N–H and O–H groups in total. The van der Waals surface area contributed by atoms with Gasteiger partial charge in [0.2, 0.25) is 0 Å². The van der Waals surface area contributed by atoms with Crippen LogP contribution < -0.4 is 30.6 Å². The van der Waals surface area contributed by atoms with Crippen LogP contribution in [0.15, 0.2) is 0 Å². The maximum Gasteiger partial charge on any atom is 4.00 e. The molecule has 0 saturated heterocycles. The Bertz CT molecular complexity index is 118. The van der Waals surface area contributed by atoms with E-state index < -0.39 is 18.5 Å². The number of hydrogen-bond acceptors (Lipinski definition) is 9. The average Bonchev–Trinajstić information content (AvgIpc) is 1.54. The minimum Gasteiger partial charge on any atom is -0.652 e. The second-order valence-corrected chi connectivity index (χ2v) is 0.750. The Morgan fingerprint density at radius 2 is 0.571 bits per heavy atom. The fraction of sp³-hybridized carbons (Fsp3) is 0. The number of rotatable bonds is 0. The topological polar surface area (TPSA) is 190 Å². The molecule has 14 heavy (non-hydrogen) atoms. The molecule has 0 spiro atoms. The van der Waals surface area contributed by atoms with E-state index in [0.717, 1.165) is 0 Å². The van der Waals surface area contributed by atoms with Gasteiger partial charge in [-0.15, -0.1) is 0 Å². The van der Waals surface area contributed by atoms with E-state index in [1.807, 2.05) is 0 Å². The fourth-order valence-electron chi connectivity index (χ4n) is 0. The summed E-state index contributed by atoms with van der Waals surface area (Å²) in [5.74, 6) is 0. The van der Waals surface area contributed by atoms with Crippen LogP contribution in [0, 0.1) is 0 Å². The summed E-state index contributed by atoms with van der Waals surface area (Å²) in [4.78, 5) is 25.0. The first-order valence-electron chi connectivity index (χ1n) is 1.84. The average molecular weight is 359 g/mol. The van der Waals surface area contributed by atoms with Gasteiger partial charge in [-0.1, -0.05) is 0 Å². The first-order chi connectivity index (χ1) is 5.20. The first kappa shape index (κ1) is 29.2. The second kappa shape index (κ2) is 23.2. The van der Waals surface area contributed by atoms with Crippen molar-refractivity contribution >= 4 is 63.9 Å². The summed E-state index contributed by atoms with van der Waals surface area (Å²) in [5, 5.41) is 50.0. The van der Waals surface area contributed by atoms with E-state index in [9.17, 15) is 0 Å². The van der Waals surface area contributed by atoms with E-state index in [1.165, 1.54) is 0 Å². The van der Waals surface area contributed by atoms with Crippen LogP contribution in [-0.2, 0) is 26.2 Å².